The molecule has 20 heavy (non-hydrogen) atoms. The van der Waals surface area contributed by atoms with Crippen molar-refractivity contribution in [3.63, 3.8) is 0 Å². The van der Waals surface area contributed by atoms with Crippen LogP contribution in [-0.2, 0) is 16.6 Å². The summed E-state index contributed by atoms with van der Waals surface area (Å²) >= 11 is 0. The minimum atomic E-state index is -3.05. The Kier molecular flexibility index (Phi) is 3.49. The van der Waals surface area contributed by atoms with Crippen LogP contribution in [0.5, 0.6) is 0 Å². The molecule has 1 aliphatic heterocycles. The molecular formula is C13H18N4O2S. The summed E-state index contributed by atoms with van der Waals surface area (Å²) in [5.74, 6) is 0. The zero-order valence-electron chi connectivity index (χ0n) is 11.4. The zero-order chi connectivity index (χ0) is 14.2. The van der Waals surface area contributed by atoms with Gasteiger partial charge < -0.3 is 0 Å². The van der Waals surface area contributed by atoms with E-state index in [9.17, 15) is 8.42 Å². The van der Waals surface area contributed by atoms with Crippen molar-refractivity contribution in [2.24, 2.45) is 0 Å². The third-order valence-corrected chi connectivity index (χ3v) is 5.02. The Bertz CT molecular complexity index is 702. The fraction of sp³-hybridized carbons (Fsp3) is 0.462. The second kappa shape index (κ2) is 5.16. The van der Waals surface area contributed by atoms with E-state index in [0.29, 0.717) is 13.1 Å². The van der Waals surface area contributed by atoms with Crippen LogP contribution in [0.2, 0.25) is 0 Å². The molecule has 1 aliphatic rings. The average Bonchev–Trinajstić information content (AvgIpc) is 2.86. The number of benzene rings is 1. The van der Waals surface area contributed by atoms with Gasteiger partial charge in [-0.05, 0) is 11.6 Å². The number of rotatable bonds is 3. The van der Waals surface area contributed by atoms with Gasteiger partial charge >= 0.3 is 0 Å². The quantitative estimate of drug-likeness (QED) is 0.902. The van der Waals surface area contributed by atoms with Gasteiger partial charge in [0.1, 0.15) is 0 Å². The molecule has 108 valence electrons. The first-order chi connectivity index (χ1) is 9.52. The molecule has 2 heterocycles. The number of piperazine rings is 1. The van der Waals surface area contributed by atoms with Crippen molar-refractivity contribution >= 4 is 20.9 Å². The standard InChI is InChI=1S/C13H18N4O2S/c1-20(18,19)17-6-4-16(5-7-17)10-11-2-3-12-9-14-15-13(12)8-11/h2-3,8-9H,4-7,10H2,1H3,(H,14,15). The Morgan fingerprint density at radius 1 is 1.25 bits per heavy atom. The highest BCUT2D eigenvalue weighted by Gasteiger charge is 2.23. The Labute approximate surface area is 118 Å². The molecule has 0 spiro atoms. The van der Waals surface area contributed by atoms with E-state index in [1.54, 1.807) is 4.31 Å². The maximum atomic E-state index is 11.5. The Morgan fingerprint density at radius 2 is 2.00 bits per heavy atom. The Hall–Kier alpha value is -1.44. The summed E-state index contributed by atoms with van der Waals surface area (Å²) < 4.78 is 24.5. The Morgan fingerprint density at radius 3 is 2.70 bits per heavy atom. The number of fused-ring (bicyclic) bond motifs is 1. The molecule has 0 radical (unpaired) electrons. The van der Waals surface area contributed by atoms with Crippen molar-refractivity contribution in [1.82, 2.24) is 19.4 Å². The first kappa shape index (κ1) is 13.5. The SMILES string of the molecule is CS(=O)(=O)N1CCN(Cc2ccc3cn[nH]c3c2)CC1. The molecule has 3 rings (SSSR count). The highest BCUT2D eigenvalue weighted by atomic mass is 32.2. The van der Waals surface area contributed by atoms with Crippen LogP contribution < -0.4 is 0 Å². The monoisotopic (exact) mass is 294 g/mol. The first-order valence-electron chi connectivity index (χ1n) is 6.62. The molecule has 1 aromatic carbocycles. The zero-order valence-corrected chi connectivity index (χ0v) is 12.2. The molecule has 0 amide bonds. The highest BCUT2D eigenvalue weighted by molar-refractivity contribution is 7.88. The largest absolute Gasteiger partial charge is 0.296 e. The van der Waals surface area contributed by atoms with Gasteiger partial charge in [0, 0.05) is 38.1 Å². The van der Waals surface area contributed by atoms with E-state index in [-0.39, 0.29) is 0 Å². The summed E-state index contributed by atoms with van der Waals surface area (Å²) in [7, 11) is -3.05. The van der Waals surface area contributed by atoms with Gasteiger partial charge in [0.25, 0.3) is 0 Å². The number of H-pyrrole nitrogens is 1. The third kappa shape index (κ3) is 2.84. The van der Waals surface area contributed by atoms with Gasteiger partial charge in [-0.2, -0.15) is 9.40 Å². The molecule has 0 atom stereocenters. The molecule has 0 aliphatic carbocycles. The predicted molar refractivity (Wildman–Crippen MR) is 77.8 cm³/mol. The molecule has 0 unspecified atom stereocenters. The summed E-state index contributed by atoms with van der Waals surface area (Å²) in [6.45, 7) is 3.53. The van der Waals surface area contributed by atoms with Crippen LogP contribution in [0, 0.1) is 0 Å². The molecule has 1 fully saturated rings. The van der Waals surface area contributed by atoms with Crippen molar-refractivity contribution < 1.29 is 8.42 Å². The maximum Gasteiger partial charge on any atom is 0.211 e. The lowest BCUT2D eigenvalue weighted by atomic mass is 10.1. The van der Waals surface area contributed by atoms with Crippen molar-refractivity contribution in [2.75, 3.05) is 32.4 Å². The van der Waals surface area contributed by atoms with Crippen molar-refractivity contribution in [3.8, 4) is 0 Å². The van der Waals surface area contributed by atoms with Gasteiger partial charge in [0.15, 0.2) is 0 Å². The minimum Gasteiger partial charge on any atom is -0.296 e. The van der Waals surface area contributed by atoms with Crippen LogP contribution >= 0.6 is 0 Å². The van der Waals surface area contributed by atoms with E-state index in [4.69, 9.17) is 0 Å². The smallest absolute Gasteiger partial charge is 0.211 e. The van der Waals surface area contributed by atoms with E-state index in [1.807, 2.05) is 6.20 Å². The molecule has 2 aromatic rings. The van der Waals surface area contributed by atoms with Gasteiger partial charge in [0.2, 0.25) is 10.0 Å². The lowest BCUT2D eigenvalue weighted by Gasteiger charge is -2.33. The van der Waals surface area contributed by atoms with Gasteiger partial charge in [0.05, 0.1) is 18.0 Å². The molecule has 0 saturated carbocycles. The van der Waals surface area contributed by atoms with Crippen LogP contribution in [0.4, 0.5) is 0 Å². The molecule has 1 saturated heterocycles. The lowest BCUT2D eigenvalue weighted by Crippen LogP contribution is -2.47. The number of sulfonamides is 1. The third-order valence-electron chi connectivity index (χ3n) is 3.71. The van der Waals surface area contributed by atoms with Crippen molar-refractivity contribution in [2.45, 2.75) is 6.54 Å². The van der Waals surface area contributed by atoms with Crippen LogP contribution in [-0.4, -0.2) is 60.3 Å². The van der Waals surface area contributed by atoms with Crippen LogP contribution in [0.25, 0.3) is 10.9 Å². The highest BCUT2D eigenvalue weighted by Crippen LogP contribution is 2.15. The van der Waals surface area contributed by atoms with Crippen LogP contribution in [0.1, 0.15) is 5.56 Å². The maximum absolute atomic E-state index is 11.5. The molecular weight excluding hydrogens is 276 g/mol. The number of aromatic amines is 1. The van der Waals surface area contributed by atoms with E-state index >= 15 is 0 Å². The van der Waals surface area contributed by atoms with Gasteiger partial charge in [-0.25, -0.2) is 8.42 Å². The Balaban J connectivity index is 1.64. The predicted octanol–water partition coefficient (Wildman–Crippen LogP) is 0.640. The number of aromatic nitrogens is 2. The topological polar surface area (TPSA) is 69.3 Å². The number of nitrogens with zero attached hydrogens (tertiary/aromatic N) is 3. The van der Waals surface area contributed by atoms with Gasteiger partial charge in [-0.1, -0.05) is 12.1 Å². The number of nitrogens with one attached hydrogen (secondary N) is 1. The fourth-order valence-corrected chi connectivity index (χ4v) is 3.39. The van der Waals surface area contributed by atoms with E-state index in [1.165, 1.54) is 11.8 Å². The number of hydrogen-bond donors (Lipinski definition) is 1. The first-order valence-corrected chi connectivity index (χ1v) is 8.47. The normalized spacial score (nSPS) is 18.6. The summed E-state index contributed by atoms with van der Waals surface area (Å²) in [6, 6.07) is 6.26. The van der Waals surface area contributed by atoms with Gasteiger partial charge in [-0.3, -0.25) is 10.00 Å². The molecule has 1 aromatic heterocycles. The van der Waals surface area contributed by atoms with Crippen LogP contribution in [0.15, 0.2) is 24.4 Å². The van der Waals surface area contributed by atoms with Gasteiger partial charge in [-0.15, -0.1) is 0 Å². The average molecular weight is 294 g/mol. The summed E-state index contributed by atoms with van der Waals surface area (Å²) in [5, 5.41) is 8.09. The molecule has 0 bridgehead atoms. The fourth-order valence-electron chi connectivity index (χ4n) is 2.56. The van der Waals surface area contributed by atoms with E-state index in [0.717, 1.165) is 30.5 Å². The summed E-state index contributed by atoms with van der Waals surface area (Å²) in [6.07, 6.45) is 3.08. The molecule has 7 heteroatoms. The van der Waals surface area contributed by atoms with E-state index < -0.39 is 10.0 Å². The second-order valence-electron chi connectivity index (χ2n) is 5.23. The van der Waals surface area contributed by atoms with E-state index in [2.05, 4.69) is 33.3 Å². The minimum absolute atomic E-state index is 0.575. The summed E-state index contributed by atoms with van der Waals surface area (Å²) in [4.78, 5) is 2.28. The summed E-state index contributed by atoms with van der Waals surface area (Å²) in [5.41, 5.74) is 2.26. The van der Waals surface area contributed by atoms with Crippen molar-refractivity contribution in [1.29, 1.82) is 0 Å². The number of hydrogen-bond acceptors (Lipinski definition) is 4. The molecule has 6 nitrogen and oxygen atoms in total. The second-order valence-corrected chi connectivity index (χ2v) is 7.21. The van der Waals surface area contributed by atoms with Crippen LogP contribution in [0.3, 0.4) is 0 Å². The molecule has 1 N–H and O–H groups in total. The lowest BCUT2D eigenvalue weighted by molar-refractivity contribution is 0.182. The van der Waals surface area contributed by atoms with Crippen molar-refractivity contribution in [3.05, 3.63) is 30.0 Å².